The lowest BCUT2D eigenvalue weighted by Crippen LogP contribution is -3.00. The van der Waals surface area contributed by atoms with Crippen molar-refractivity contribution in [3.05, 3.63) is 0 Å². The van der Waals surface area contributed by atoms with E-state index >= 15 is 0 Å². The minimum absolute atomic E-state index is 0. The Hall–Kier alpha value is 0.250. The van der Waals surface area contributed by atoms with Gasteiger partial charge in [0, 0.05) is 0 Å². The van der Waals surface area contributed by atoms with Gasteiger partial charge in [0.25, 0.3) is 0 Å². The molecule has 2 heteroatoms. The molecule has 1 saturated carbocycles. The Labute approximate surface area is 82.7 Å². The van der Waals surface area contributed by atoms with Gasteiger partial charge in [0.2, 0.25) is 0 Å². The van der Waals surface area contributed by atoms with E-state index in [9.17, 15) is 0 Å². The maximum absolute atomic E-state index is 2.29. The summed E-state index contributed by atoms with van der Waals surface area (Å²) in [7, 11) is 2.17. The molecule has 0 radical (unpaired) electrons. The third kappa shape index (κ3) is 5.00. The highest BCUT2D eigenvalue weighted by molar-refractivity contribution is 4.65. The van der Waals surface area contributed by atoms with E-state index in [-0.39, 0.29) is 12.4 Å². The summed E-state index contributed by atoms with van der Waals surface area (Å²) in [5.41, 5.74) is 0. The van der Waals surface area contributed by atoms with E-state index in [2.05, 4.69) is 12.4 Å². The third-order valence-corrected chi connectivity index (χ3v) is 2.83. The predicted molar refractivity (Wildman–Crippen MR) is 48.5 cm³/mol. The molecule has 0 amide bonds. The summed E-state index contributed by atoms with van der Waals surface area (Å²) in [6.07, 6.45) is 10.5. The van der Waals surface area contributed by atoms with E-state index in [1.54, 1.807) is 0 Å². The van der Waals surface area contributed by atoms with Crippen molar-refractivity contribution in [1.29, 1.82) is 0 Å². The van der Waals surface area contributed by atoms with Crippen molar-refractivity contribution in [2.24, 2.45) is 5.92 Å². The van der Waals surface area contributed by atoms with Gasteiger partial charge in [-0.15, -0.1) is 0 Å². The molecule has 2 N–H and O–H groups in total. The van der Waals surface area contributed by atoms with Crippen LogP contribution in [0.1, 0.15) is 44.9 Å². The molecule has 1 rings (SSSR count). The van der Waals surface area contributed by atoms with Gasteiger partial charge < -0.3 is 17.7 Å². The van der Waals surface area contributed by atoms with Crippen LogP contribution in [0.4, 0.5) is 0 Å². The molecule has 74 valence electrons. The van der Waals surface area contributed by atoms with Gasteiger partial charge in [-0.3, -0.25) is 0 Å². The lowest BCUT2D eigenvalue weighted by molar-refractivity contribution is -0.627. The first-order chi connectivity index (χ1) is 5.43. The second kappa shape index (κ2) is 7.88. The van der Waals surface area contributed by atoms with Crippen LogP contribution in [0.2, 0.25) is 0 Å². The maximum atomic E-state index is 2.29. The molecule has 0 aromatic heterocycles. The fraction of sp³-hybridized carbons (Fsp3) is 1.00. The van der Waals surface area contributed by atoms with Crippen LogP contribution in [0, 0.1) is 5.92 Å². The Morgan fingerprint density at radius 2 is 1.83 bits per heavy atom. The van der Waals surface area contributed by atoms with Crippen molar-refractivity contribution in [1.82, 2.24) is 0 Å². The van der Waals surface area contributed by atoms with E-state index in [0.29, 0.717) is 0 Å². The van der Waals surface area contributed by atoms with Crippen molar-refractivity contribution >= 4 is 0 Å². The molecule has 0 atom stereocenters. The summed E-state index contributed by atoms with van der Waals surface area (Å²) < 4.78 is 0. The standard InChI is InChI=1S/C10H21N.ClH/c1-11-9-5-8-10-6-3-2-4-7-10;/h10-11H,2-9H2,1H3;1H. The fourth-order valence-corrected chi connectivity index (χ4v) is 2.09. The monoisotopic (exact) mass is 191 g/mol. The van der Waals surface area contributed by atoms with Gasteiger partial charge in [0.05, 0.1) is 13.6 Å². The summed E-state index contributed by atoms with van der Waals surface area (Å²) >= 11 is 0. The largest absolute Gasteiger partial charge is 1.00 e. The zero-order valence-electron chi connectivity index (χ0n) is 8.19. The molecule has 0 aromatic rings. The zero-order valence-corrected chi connectivity index (χ0v) is 8.95. The van der Waals surface area contributed by atoms with Gasteiger partial charge in [-0.25, -0.2) is 0 Å². The Morgan fingerprint density at radius 3 is 2.42 bits per heavy atom. The quantitative estimate of drug-likeness (QED) is 0.524. The van der Waals surface area contributed by atoms with E-state index in [1.165, 1.54) is 51.5 Å². The summed E-state index contributed by atoms with van der Waals surface area (Å²) in [4.78, 5) is 0. The van der Waals surface area contributed by atoms with Crippen LogP contribution in [0.5, 0.6) is 0 Å². The molecule has 0 spiro atoms. The first-order valence-corrected chi connectivity index (χ1v) is 5.21. The van der Waals surface area contributed by atoms with E-state index < -0.39 is 0 Å². The van der Waals surface area contributed by atoms with E-state index in [0.717, 1.165) is 5.92 Å². The zero-order chi connectivity index (χ0) is 7.94. The lowest BCUT2D eigenvalue weighted by Gasteiger charge is -2.20. The fourth-order valence-electron chi connectivity index (χ4n) is 2.09. The Bertz CT molecular complexity index is 89.8. The molecule has 0 bridgehead atoms. The SMILES string of the molecule is C[NH2+]CCCC1CCCCC1.[Cl-]. The molecular formula is C10H22ClN. The molecule has 12 heavy (non-hydrogen) atoms. The van der Waals surface area contributed by atoms with E-state index in [4.69, 9.17) is 0 Å². The molecule has 0 saturated heterocycles. The van der Waals surface area contributed by atoms with Crippen LogP contribution >= 0.6 is 0 Å². The summed E-state index contributed by atoms with van der Waals surface area (Å²) in [5.74, 6) is 1.09. The number of quaternary nitrogens is 1. The topological polar surface area (TPSA) is 16.6 Å². The van der Waals surface area contributed by atoms with Crippen molar-refractivity contribution in [2.75, 3.05) is 13.6 Å². The highest BCUT2D eigenvalue weighted by Crippen LogP contribution is 2.26. The van der Waals surface area contributed by atoms with Gasteiger partial charge >= 0.3 is 0 Å². The molecule has 0 unspecified atom stereocenters. The number of hydrogen-bond acceptors (Lipinski definition) is 0. The van der Waals surface area contributed by atoms with Gasteiger partial charge in [-0.05, 0) is 18.8 Å². The lowest BCUT2D eigenvalue weighted by atomic mass is 9.86. The number of halogens is 1. The number of nitrogens with two attached hydrogens (primary N) is 1. The van der Waals surface area contributed by atoms with Crippen molar-refractivity contribution in [2.45, 2.75) is 44.9 Å². The van der Waals surface area contributed by atoms with Crippen LogP contribution in [0.3, 0.4) is 0 Å². The average molecular weight is 192 g/mol. The van der Waals surface area contributed by atoms with Crippen LogP contribution in [0.15, 0.2) is 0 Å². The highest BCUT2D eigenvalue weighted by atomic mass is 35.5. The first-order valence-electron chi connectivity index (χ1n) is 5.21. The van der Waals surface area contributed by atoms with Gasteiger partial charge in [-0.1, -0.05) is 32.1 Å². The Balaban J connectivity index is 0.00000121. The normalized spacial score (nSPS) is 18.8. The molecule has 1 aliphatic rings. The average Bonchev–Trinajstić information content (AvgIpc) is 2.07. The van der Waals surface area contributed by atoms with Crippen LogP contribution in [-0.4, -0.2) is 13.6 Å². The second-order valence-electron chi connectivity index (χ2n) is 3.84. The minimum Gasteiger partial charge on any atom is -1.00 e. The van der Waals surface area contributed by atoms with Crippen molar-refractivity contribution in [3.63, 3.8) is 0 Å². The summed E-state index contributed by atoms with van der Waals surface area (Å²) in [6, 6.07) is 0. The molecule has 1 nitrogen and oxygen atoms in total. The Morgan fingerprint density at radius 1 is 1.17 bits per heavy atom. The second-order valence-corrected chi connectivity index (χ2v) is 3.84. The summed E-state index contributed by atoms with van der Waals surface area (Å²) in [5, 5.41) is 2.29. The molecule has 1 fully saturated rings. The van der Waals surface area contributed by atoms with E-state index in [1.807, 2.05) is 0 Å². The van der Waals surface area contributed by atoms with Crippen LogP contribution in [0.25, 0.3) is 0 Å². The smallest absolute Gasteiger partial charge is 0.0753 e. The Kier molecular flexibility index (Phi) is 8.04. The predicted octanol–water partition coefficient (Wildman–Crippen LogP) is -1.46. The maximum Gasteiger partial charge on any atom is 0.0753 e. The van der Waals surface area contributed by atoms with Gasteiger partial charge in [-0.2, -0.15) is 0 Å². The number of rotatable bonds is 4. The van der Waals surface area contributed by atoms with Crippen molar-refractivity contribution in [3.8, 4) is 0 Å². The molecular weight excluding hydrogens is 170 g/mol. The minimum atomic E-state index is 0. The number of hydrogen-bond donors (Lipinski definition) is 1. The van der Waals surface area contributed by atoms with Crippen LogP contribution in [-0.2, 0) is 0 Å². The molecule has 0 aromatic carbocycles. The molecule has 1 aliphatic carbocycles. The third-order valence-electron chi connectivity index (χ3n) is 2.83. The first kappa shape index (κ1) is 12.2. The highest BCUT2D eigenvalue weighted by Gasteiger charge is 2.12. The summed E-state index contributed by atoms with van der Waals surface area (Å²) in [6.45, 7) is 1.33. The molecule has 0 heterocycles. The van der Waals surface area contributed by atoms with Gasteiger partial charge in [0.1, 0.15) is 0 Å². The molecule has 0 aliphatic heterocycles. The van der Waals surface area contributed by atoms with Gasteiger partial charge in [0.15, 0.2) is 0 Å². The van der Waals surface area contributed by atoms with Crippen LogP contribution < -0.4 is 17.7 Å². The van der Waals surface area contributed by atoms with Crippen molar-refractivity contribution < 1.29 is 17.7 Å².